The van der Waals surface area contributed by atoms with Crippen LogP contribution in [0.3, 0.4) is 0 Å². The number of carbonyl (C=O) groups excluding carboxylic acids is 2. The molecule has 2 heterocycles. The number of nitrogens with zero attached hydrogens (tertiary/aromatic N) is 1. The van der Waals surface area contributed by atoms with E-state index >= 15 is 0 Å². The molecule has 5 nitrogen and oxygen atoms in total. The molecular weight excluding hydrogens is 304 g/mol. The van der Waals surface area contributed by atoms with Crippen LogP contribution in [0.2, 0.25) is 5.02 Å². The first-order valence-electron chi connectivity index (χ1n) is 6.94. The maximum absolute atomic E-state index is 12.0. The monoisotopic (exact) mass is 318 g/mol. The Bertz CT molecular complexity index is 739. The highest BCUT2D eigenvalue weighted by molar-refractivity contribution is 6.31. The van der Waals surface area contributed by atoms with Gasteiger partial charge in [-0.1, -0.05) is 11.6 Å². The highest BCUT2D eigenvalue weighted by Crippen LogP contribution is 2.30. The normalized spacial score (nSPS) is 13.4. The van der Waals surface area contributed by atoms with Gasteiger partial charge >= 0.3 is 0 Å². The Kier molecular flexibility index (Phi) is 3.90. The Labute approximate surface area is 132 Å². The summed E-state index contributed by atoms with van der Waals surface area (Å²) in [4.78, 5) is 25.5. The lowest BCUT2D eigenvalue weighted by molar-refractivity contribution is -0.123. The molecule has 1 aromatic carbocycles. The van der Waals surface area contributed by atoms with E-state index in [0.29, 0.717) is 17.3 Å². The summed E-state index contributed by atoms with van der Waals surface area (Å²) in [6.45, 7) is 2.14. The number of rotatable bonds is 4. The van der Waals surface area contributed by atoms with E-state index < -0.39 is 0 Å². The number of carbonyl (C=O) groups is 2. The third kappa shape index (κ3) is 2.99. The van der Waals surface area contributed by atoms with E-state index in [0.717, 1.165) is 17.0 Å². The van der Waals surface area contributed by atoms with Crippen LogP contribution in [0, 0.1) is 6.92 Å². The van der Waals surface area contributed by atoms with Crippen molar-refractivity contribution in [2.45, 2.75) is 19.9 Å². The molecule has 0 fully saturated rings. The molecule has 3 rings (SSSR count). The number of halogens is 1. The lowest BCUT2D eigenvalue weighted by Crippen LogP contribution is -2.38. The predicted octanol–water partition coefficient (Wildman–Crippen LogP) is 2.45. The van der Waals surface area contributed by atoms with Crippen molar-refractivity contribution < 1.29 is 14.0 Å². The molecule has 0 bridgehead atoms. The zero-order valence-corrected chi connectivity index (χ0v) is 12.8. The van der Waals surface area contributed by atoms with Gasteiger partial charge in [-0.2, -0.15) is 0 Å². The zero-order chi connectivity index (χ0) is 15.7. The van der Waals surface area contributed by atoms with Gasteiger partial charge in [0.05, 0.1) is 13.0 Å². The highest BCUT2D eigenvalue weighted by atomic mass is 35.5. The molecule has 0 aliphatic carbocycles. The van der Waals surface area contributed by atoms with Crippen LogP contribution in [0.5, 0.6) is 0 Å². The fourth-order valence-electron chi connectivity index (χ4n) is 2.49. The van der Waals surface area contributed by atoms with Crippen molar-refractivity contribution in [3.05, 3.63) is 52.4 Å². The van der Waals surface area contributed by atoms with Crippen molar-refractivity contribution in [3.8, 4) is 0 Å². The molecule has 1 N–H and O–H groups in total. The van der Waals surface area contributed by atoms with Crippen LogP contribution in [0.1, 0.15) is 17.1 Å². The molecule has 0 saturated carbocycles. The molecule has 2 amide bonds. The summed E-state index contributed by atoms with van der Waals surface area (Å²) in [7, 11) is 0. The van der Waals surface area contributed by atoms with E-state index in [1.807, 2.05) is 19.1 Å². The molecule has 0 spiro atoms. The van der Waals surface area contributed by atoms with E-state index in [1.165, 1.54) is 4.90 Å². The van der Waals surface area contributed by atoms with Gasteiger partial charge in [0.2, 0.25) is 11.8 Å². The van der Waals surface area contributed by atoms with E-state index in [4.69, 9.17) is 16.0 Å². The maximum atomic E-state index is 12.0. The fourth-order valence-corrected chi connectivity index (χ4v) is 2.69. The molecule has 0 atom stereocenters. The number of fused-ring (bicyclic) bond motifs is 1. The second-order valence-electron chi connectivity index (χ2n) is 5.22. The Hall–Kier alpha value is -2.27. The Morgan fingerprint density at radius 2 is 2.18 bits per heavy atom. The smallest absolute Gasteiger partial charge is 0.240 e. The van der Waals surface area contributed by atoms with Crippen molar-refractivity contribution in [1.29, 1.82) is 0 Å². The van der Waals surface area contributed by atoms with E-state index in [1.54, 1.807) is 18.2 Å². The summed E-state index contributed by atoms with van der Waals surface area (Å²) in [6.07, 6.45) is 0.278. The van der Waals surface area contributed by atoms with Gasteiger partial charge in [-0.3, -0.25) is 9.59 Å². The molecule has 1 aromatic heterocycles. The predicted molar refractivity (Wildman–Crippen MR) is 82.8 cm³/mol. The number of amides is 2. The third-order valence-electron chi connectivity index (χ3n) is 3.53. The van der Waals surface area contributed by atoms with Crippen molar-refractivity contribution in [1.82, 2.24) is 5.32 Å². The molecule has 2 aromatic rings. The standard InChI is InChI=1S/C16H15ClN2O3/c1-10-2-4-13(22-10)8-18-15(20)9-19-14-5-3-12(17)6-11(14)7-16(19)21/h2-6H,7-9H2,1H3,(H,18,20). The van der Waals surface area contributed by atoms with E-state index in [2.05, 4.69) is 5.32 Å². The Morgan fingerprint density at radius 1 is 1.36 bits per heavy atom. The summed E-state index contributed by atoms with van der Waals surface area (Å²) in [5.41, 5.74) is 1.60. The minimum atomic E-state index is -0.231. The SMILES string of the molecule is Cc1ccc(CNC(=O)CN2C(=O)Cc3cc(Cl)ccc32)o1. The second kappa shape index (κ2) is 5.85. The Morgan fingerprint density at radius 3 is 2.91 bits per heavy atom. The maximum Gasteiger partial charge on any atom is 0.240 e. The van der Waals surface area contributed by atoms with Crippen LogP contribution in [-0.2, 0) is 22.6 Å². The first-order chi connectivity index (χ1) is 10.5. The minimum Gasteiger partial charge on any atom is -0.465 e. The van der Waals surface area contributed by atoms with Crippen LogP contribution >= 0.6 is 11.6 Å². The van der Waals surface area contributed by atoms with Crippen LogP contribution < -0.4 is 10.2 Å². The van der Waals surface area contributed by atoms with Crippen molar-refractivity contribution in [2.75, 3.05) is 11.4 Å². The van der Waals surface area contributed by atoms with Crippen LogP contribution in [0.25, 0.3) is 0 Å². The number of furan rings is 1. The van der Waals surface area contributed by atoms with Gasteiger partial charge in [-0.15, -0.1) is 0 Å². The first kappa shape index (κ1) is 14.7. The van der Waals surface area contributed by atoms with Gasteiger partial charge in [0.1, 0.15) is 18.1 Å². The lowest BCUT2D eigenvalue weighted by atomic mass is 10.2. The summed E-state index contributed by atoms with van der Waals surface area (Å²) in [5.74, 6) is 1.15. The third-order valence-corrected chi connectivity index (χ3v) is 3.77. The van der Waals surface area contributed by atoms with Gasteiger partial charge in [0.25, 0.3) is 0 Å². The highest BCUT2D eigenvalue weighted by Gasteiger charge is 2.28. The number of anilines is 1. The molecule has 0 unspecified atom stereocenters. The van der Waals surface area contributed by atoms with Crippen molar-refractivity contribution >= 4 is 29.1 Å². The van der Waals surface area contributed by atoms with Crippen molar-refractivity contribution in [2.24, 2.45) is 0 Å². The number of benzene rings is 1. The van der Waals surface area contributed by atoms with E-state index in [9.17, 15) is 9.59 Å². The van der Waals surface area contributed by atoms with Crippen LogP contribution in [0.15, 0.2) is 34.7 Å². The van der Waals surface area contributed by atoms with Gasteiger partial charge < -0.3 is 14.6 Å². The van der Waals surface area contributed by atoms with Crippen LogP contribution in [0.4, 0.5) is 5.69 Å². The average molecular weight is 319 g/mol. The molecule has 22 heavy (non-hydrogen) atoms. The van der Waals surface area contributed by atoms with Gasteiger partial charge in [-0.05, 0) is 42.8 Å². The average Bonchev–Trinajstić information content (AvgIpc) is 3.01. The lowest BCUT2D eigenvalue weighted by Gasteiger charge is -2.16. The summed E-state index contributed by atoms with van der Waals surface area (Å²) >= 11 is 5.92. The zero-order valence-electron chi connectivity index (χ0n) is 12.1. The summed E-state index contributed by atoms with van der Waals surface area (Å²) in [6, 6.07) is 8.90. The molecule has 0 radical (unpaired) electrons. The largest absolute Gasteiger partial charge is 0.465 e. The van der Waals surface area contributed by atoms with Crippen LogP contribution in [-0.4, -0.2) is 18.4 Å². The number of hydrogen-bond acceptors (Lipinski definition) is 3. The number of aryl methyl sites for hydroxylation is 1. The van der Waals surface area contributed by atoms with Gasteiger partial charge in [0, 0.05) is 10.7 Å². The first-order valence-corrected chi connectivity index (χ1v) is 7.31. The molecule has 114 valence electrons. The quantitative estimate of drug-likeness (QED) is 0.942. The van der Waals surface area contributed by atoms with Gasteiger partial charge in [0.15, 0.2) is 0 Å². The Balaban J connectivity index is 1.63. The molecule has 1 aliphatic heterocycles. The molecule has 6 heteroatoms. The minimum absolute atomic E-state index is 0.00679. The fraction of sp³-hybridized carbons (Fsp3) is 0.250. The molecule has 0 saturated heterocycles. The summed E-state index contributed by atoms with van der Waals surface area (Å²) < 4.78 is 5.38. The molecular formula is C16H15ClN2O3. The van der Waals surface area contributed by atoms with Crippen molar-refractivity contribution in [3.63, 3.8) is 0 Å². The van der Waals surface area contributed by atoms with Gasteiger partial charge in [-0.25, -0.2) is 0 Å². The number of hydrogen-bond donors (Lipinski definition) is 1. The molecule has 1 aliphatic rings. The summed E-state index contributed by atoms with van der Waals surface area (Å²) in [5, 5.41) is 3.34. The topological polar surface area (TPSA) is 62.6 Å². The van der Waals surface area contributed by atoms with E-state index in [-0.39, 0.29) is 24.8 Å². The second-order valence-corrected chi connectivity index (χ2v) is 5.66. The number of nitrogens with one attached hydrogen (secondary N) is 1.